The third kappa shape index (κ3) is 6.53. The van der Waals surface area contributed by atoms with Crippen LogP contribution >= 0.6 is 0 Å². The Labute approximate surface area is 202 Å². The summed E-state index contributed by atoms with van der Waals surface area (Å²) >= 11 is 0. The van der Waals surface area contributed by atoms with Gasteiger partial charge in [-0.2, -0.15) is 9.78 Å². The number of Topliss-reactive ketones (excluding diaryl/α,β-unsaturated/α-hetero) is 1. The van der Waals surface area contributed by atoms with Crippen LogP contribution < -0.4 is 10.1 Å². The van der Waals surface area contributed by atoms with Crippen molar-refractivity contribution in [2.24, 2.45) is 5.41 Å². The topological polar surface area (TPSA) is 111 Å². The zero-order chi connectivity index (χ0) is 25.8. The number of ketones is 1. The van der Waals surface area contributed by atoms with E-state index in [9.17, 15) is 23.9 Å². The molecular formula is C26H28FN3O5. The van der Waals surface area contributed by atoms with Crippen molar-refractivity contribution in [3.63, 3.8) is 0 Å². The summed E-state index contributed by atoms with van der Waals surface area (Å²) in [5.74, 6) is -2.54. The normalized spacial score (nSPS) is 12.1. The number of carboxylic acid groups (broad SMARTS) is 1. The lowest BCUT2D eigenvalue weighted by Crippen LogP contribution is -2.30. The molecule has 35 heavy (non-hydrogen) atoms. The van der Waals surface area contributed by atoms with Crippen molar-refractivity contribution in [3.8, 4) is 11.6 Å². The van der Waals surface area contributed by atoms with Crippen LogP contribution in [-0.4, -0.2) is 39.2 Å². The van der Waals surface area contributed by atoms with E-state index in [1.165, 1.54) is 24.3 Å². The molecule has 0 bridgehead atoms. The zero-order valence-electron chi connectivity index (χ0n) is 20.0. The maximum Gasteiger partial charge on any atom is 0.305 e. The summed E-state index contributed by atoms with van der Waals surface area (Å²) in [6.45, 7) is 6.85. The average molecular weight is 482 g/mol. The highest BCUT2D eigenvalue weighted by molar-refractivity contribution is 5.93. The van der Waals surface area contributed by atoms with Crippen LogP contribution in [0.5, 0.6) is 5.88 Å². The predicted octanol–water partition coefficient (Wildman–Crippen LogP) is 4.26. The highest BCUT2D eigenvalue weighted by atomic mass is 19.1. The summed E-state index contributed by atoms with van der Waals surface area (Å²) in [7, 11) is 0. The Bertz CT molecular complexity index is 1230. The Morgan fingerprint density at radius 2 is 1.77 bits per heavy atom. The number of halogens is 1. The summed E-state index contributed by atoms with van der Waals surface area (Å²) < 4.78 is 21.3. The molecule has 8 nitrogen and oxygen atoms in total. The molecule has 2 N–H and O–H groups in total. The molecule has 9 heteroatoms. The summed E-state index contributed by atoms with van der Waals surface area (Å²) in [6.07, 6.45) is -0.341. The van der Waals surface area contributed by atoms with Crippen molar-refractivity contribution in [1.29, 1.82) is 0 Å². The van der Waals surface area contributed by atoms with Crippen LogP contribution in [0.2, 0.25) is 0 Å². The number of ether oxygens (including phenoxy) is 1. The van der Waals surface area contributed by atoms with Crippen LogP contribution in [0.25, 0.3) is 5.69 Å². The van der Waals surface area contributed by atoms with E-state index < -0.39 is 29.2 Å². The van der Waals surface area contributed by atoms with Crippen molar-refractivity contribution in [2.45, 2.75) is 40.2 Å². The molecule has 1 unspecified atom stereocenters. The summed E-state index contributed by atoms with van der Waals surface area (Å²) in [6, 6.07) is 13.4. The van der Waals surface area contributed by atoms with Crippen molar-refractivity contribution < 1.29 is 28.6 Å². The van der Waals surface area contributed by atoms with Crippen LogP contribution in [0, 0.1) is 18.2 Å². The average Bonchev–Trinajstić information content (AvgIpc) is 3.21. The first kappa shape index (κ1) is 25.6. The molecule has 3 aromatic rings. The SMILES string of the molecule is Cc1ccc(C(CC(=O)O)NC(=O)c2cc(OCC(=O)C(C)(C)C)n(-c3ccccc3F)n2)cc1. The van der Waals surface area contributed by atoms with Gasteiger partial charge in [0.05, 0.1) is 12.5 Å². The fourth-order valence-corrected chi connectivity index (χ4v) is 3.19. The molecule has 2 aromatic carbocycles. The smallest absolute Gasteiger partial charge is 0.305 e. The Kier molecular flexibility index (Phi) is 7.68. The Morgan fingerprint density at radius 3 is 2.37 bits per heavy atom. The zero-order valence-corrected chi connectivity index (χ0v) is 20.0. The second kappa shape index (κ2) is 10.5. The summed E-state index contributed by atoms with van der Waals surface area (Å²) in [5.41, 5.74) is 0.872. The lowest BCUT2D eigenvalue weighted by Gasteiger charge is -2.17. The molecule has 3 rings (SSSR count). The molecule has 1 amide bonds. The van der Waals surface area contributed by atoms with E-state index in [-0.39, 0.29) is 36.1 Å². The Hall–Kier alpha value is -4.01. The first-order valence-electron chi connectivity index (χ1n) is 11.1. The fourth-order valence-electron chi connectivity index (χ4n) is 3.19. The number of hydrogen-bond donors (Lipinski definition) is 2. The maximum atomic E-state index is 14.5. The van der Waals surface area contributed by atoms with Gasteiger partial charge < -0.3 is 15.2 Å². The van der Waals surface area contributed by atoms with E-state index >= 15 is 0 Å². The molecule has 1 heterocycles. The minimum atomic E-state index is -1.09. The van der Waals surface area contributed by atoms with Gasteiger partial charge in [-0.05, 0) is 24.6 Å². The van der Waals surface area contributed by atoms with Crippen molar-refractivity contribution in [1.82, 2.24) is 15.1 Å². The first-order chi connectivity index (χ1) is 16.5. The van der Waals surface area contributed by atoms with Gasteiger partial charge in [-0.1, -0.05) is 62.7 Å². The number of aromatic nitrogens is 2. The van der Waals surface area contributed by atoms with Gasteiger partial charge in [0.15, 0.2) is 11.5 Å². The maximum absolute atomic E-state index is 14.5. The van der Waals surface area contributed by atoms with E-state index in [0.717, 1.165) is 10.2 Å². The fraction of sp³-hybridized carbons (Fsp3) is 0.308. The molecule has 0 aliphatic carbocycles. The molecule has 0 fully saturated rings. The highest BCUT2D eigenvalue weighted by Gasteiger charge is 2.25. The molecule has 0 aliphatic rings. The van der Waals surface area contributed by atoms with Gasteiger partial charge >= 0.3 is 5.97 Å². The minimum absolute atomic E-state index is 0.00275. The van der Waals surface area contributed by atoms with E-state index in [1.54, 1.807) is 39.0 Å². The lowest BCUT2D eigenvalue weighted by molar-refractivity contribution is -0.137. The number of hydrogen-bond acceptors (Lipinski definition) is 5. The second-order valence-corrected chi connectivity index (χ2v) is 9.23. The lowest BCUT2D eigenvalue weighted by atomic mass is 9.91. The first-order valence-corrected chi connectivity index (χ1v) is 11.1. The quantitative estimate of drug-likeness (QED) is 0.473. The molecule has 184 valence electrons. The number of nitrogens with zero attached hydrogens (tertiary/aromatic N) is 2. The van der Waals surface area contributed by atoms with Crippen LogP contribution in [-0.2, 0) is 9.59 Å². The Balaban J connectivity index is 1.93. The van der Waals surface area contributed by atoms with Crippen molar-refractivity contribution in [3.05, 3.63) is 77.2 Å². The molecule has 0 spiro atoms. The minimum Gasteiger partial charge on any atom is -0.481 e. The van der Waals surface area contributed by atoms with Crippen LogP contribution in [0.3, 0.4) is 0 Å². The third-order valence-electron chi connectivity index (χ3n) is 5.34. The van der Waals surface area contributed by atoms with Crippen molar-refractivity contribution in [2.75, 3.05) is 6.61 Å². The number of carboxylic acids is 1. The highest BCUT2D eigenvalue weighted by Crippen LogP contribution is 2.24. The van der Waals surface area contributed by atoms with E-state index in [0.29, 0.717) is 5.56 Å². The Morgan fingerprint density at radius 1 is 1.11 bits per heavy atom. The molecular weight excluding hydrogens is 453 g/mol. The molecule has 0 saturated carbocycles. The number of rotatable bonds is 9. The van der Waals surface area contributed by atoms with Crippen molar-refractivity contribution >= 4 is 17.7 Å². The second-order valence-electron chi connectivity index (χ2n) is 9.23. The predicted molar refractivity (Wildman–Crippen MR) is 127 cm³/mol. The number of para-hydroxylation sites is 1. The largest absolute Gasteiger partial charge is 0.481 e. The van der Waals surface area contributed by atoms with Gasteiger partial charge in [0.2, 0.25) is 5.88 Å². The van der Waals surface area contributed by atoms with E-state index in [1.807, 2.05) is 19.1 Å². The van der Waals surface area contributed by atoms with Gasteiger partial charge in [-0.25, -0.2) is 4.39 Å². The van der Waals surface area contributed by atoms with Crippen LogP contribution in [0.15, 0.2) is 54.6 Å². The molecule has 1 atom stereocenters. The van der Waals surface area contributed by atoms with Crippen LogP contribution in [0.4, 0.5) is 4.39 Å². The monoisotopic (exact) mass is 481 g/mol. The number of benzene rings is 2. The number of amides is 1. The number of aryl methyl sites for hydroxylation is 1. The standard InChI is InChI=1S/C26H28FN3O5/c1-16-9-11-17(12-10-16)19(14-24(32)33)28-25(34)20-13-23(35-15-22(31)26(2,3)4)30(29-20)21-8-6-5-7-18(21)27/h5-13,19H,14-15H2,1-4H3,(H,28,34)(H,32,33). The number of nitrogens with one attached hydrogen (secondary N) is 1. The molecule has 0 saturated heterocycles. The molecule has 1 aromatic heterocycles. The van der Waals surface area contributed by atoms with Gasteiger partial charge in [0, 0.05) is 11.5 Å². The van der Waals surface area contributed by atoms with E-state index in [4.69, 9.17) is 4.74 Å². The summed E-state index contributed by atoms with van der Waals surface area (Å²) in [4.78, 5) is 36.8. The van der Waals surface area contributed by atoms with E-state index in [2.05, 4.69) is 10.4 Å². The summed E-state index contributed by atoms with van der Waals surface area (Å²) in [5, 5.41) is 16.2. The number of aliphatic carboxylic acids is 1. The third-order valence-corrected chi connectivity index (χ3v) is 5.34. The molecule has 0 radical (unpaired) electrons. The number of carbonyl (C=O) groups excluding carboxylic acids is 2. The molecule has 0 aliphatic heterocycles. The van der Waals surface area contributed by atoms with Gasteiger partial charge in [-0.15, -0.1) is 0 Å². The number of carbonyl (C=O) groups is 3. The van der Waals surface area contributed by atoms with Gasteiger partial charge in [0.1, 0.15) is 18.1 Å². The van der Waals surface area contributed by atoms with Gasteiger partial charge in [0.25, 0.3) is 5.91 Å². The van der Waals surface area contributed by atoms with Gasteiger partial charge in [-0.3, -0.25) is 14.4 Å². The van der Waals surface area contributed by atoms with Crippen LogP contribution in [0.1, 0.15) is 54.8 Å².